The van der Waals surface area contributed by atoms with Gasteiger partial charge < -0.3 is 19.6 Å². The maximum absolute atomic E-state index is 16.8. The van der Waals surface area contributed by atoms with Gasteiger partial charge in [0, 0.05) is 48.1 Å². The van der Waals surface area contributed by atoms with E-state index >= 15 is 4.39 Å². The van der Waals surface area contributed by atoms with Gasteiger partial charge >= 0.3 is 6.01 Å². The molecule has 0 radical (unpaired) electrons. The predicted molar refractivity (Wildman–Crippen MR) is 173 cm³/mol. The lowest BCUT2D eigenvalue weighted by molar-refractivity contribution is 0.0133. The highest BCUT2D eigenvalue weighted by Crippen LogP contribution is 2.47. The predicted octanol–water partition coefficient (Wildman–Crippen LogP) is 7.33. The lowest BCUT2D eigenvalue weighted by Crippen LogP contribution is -2.50. The molecule has 1 unspecified atom stereocenters. The molecule has 0 bridgehead atoms. The normalized spacial score (nSPS) is 23.4. The minimum atomic E-state index is -2.43. The minimum absolute atomic E-state index is 0.00362. The standard InChI is InChI=1S/C36H37F4N5O2/c1-3-24-27(37)10-9-22-16-23(46)17-25(30(22)24)32-31(40)33-26(18-41-32)34(45-14-5-7-21(19-45)15-29(38)39)43-35(42-33)47-20-36-11-4-8-28(36)44(2)13-6-12-36/h1,9-10,16-18,21,28-29,46H,4-8,11-15,19-20H2,2H3/t21?,28-,36-/m1/s1. The number of ether oxygens (including phenoxy) is 1. The molecule has 7 rings (SSSR count). The number of benzene rings is 2. The molecule has 246 valence electrons. The van der Waals surface area contributed by atoms with Crippen LogP contribution in [0.4, 0.5) is 23.4 Å². The summed E-state index contributed by atoms with van der Waals surface area (Å²) in [4.78, 5) is 18.1. The van der Waals surface area contributed by atoms with Crippen molar-refractivity contribution in [3.8, 4) is 35.4 Å². The number of likely N-dealkylation sites (tertiary alicyclic amines) is 1. The van der Waals surface area contributed by atoms with Gasteiger partial charge in [-0.05, 0) is 81.6 Å². The Bertz CT molecular complexity index is 1880. The fraction of sp³-hybridized carbons (Fsp3) is 0.472. The van der Waals surface area contributed by atoms with Crippen LogP contribution in [-0.2, 0) is 0 Å². The van der Waals surface area contributed by atoms with E-state index in [1.807, 2.05) is 4.90 Å². The van der Waals surface area contributed by atoms with Crippen LogP contribution in [0.2, 0.25) is 0 Å². The Labute approximate surface area is 271 Å². The number of aromatic nitrogens is 3. The number of aromatic hydroxyl groups is 1. The van der Waals surface area contributed by atoms with Crippen LogP contribution in [0.5, 0.6) is 11.8 Å². The molecule has 1 aliphatic carbocycles. The number of fused-ring (bicyclic) bond motifs is 3. The van der Waals surface area contributed by atoms with Crippen LogP contribution in [-0.4, -0.2) is 70.7 Å². The third-order valence-electron chi connectivity index (χ3n) is 10.5. The number of piperidine rings is 2. The van der Waals surface area contributed by atoms with Gasteiger partial charge in [-0.3, -0.25) is 4.98 Å². The Morgan fingerprint density at radius 2 is 1.94 bits per heavy atom. The Hall–Kier alpha value is -4.17. The highest BCUT2D eigenvalue weighted by atomic mass is 19.3. The summed E-state index contributed by atoms with van der Waals surface area (Å²) in [6, 6.07) is 5.78. The number of halogens is 4. The Morgan fingerprint density at radius 1 is 1.11 bits per heavy atom. The molecular formula is C36H37F4N5O2. The molecule has 11 heteroatoms. The van der Waals surface area contributed by atoms with E-state index in [0.717, 1.165) is 38.6 Å². The number of rotatable bonds is 7. The molecule has 0 spiro atoms. The van der Waals surface area contributed by atoms with E-state index in [-0.39, 0.29) is 57.2 Å². The van der Waals surface area contributed by atoms with Crippen molar-refractivity contribution in [3.63, 3.8) is 0 Å². The zero-order valence-electron chi connectivity index (χ0n) is 26.3. The molecular weight excluding hydrogens is 610 g/mol. The van der Waals surface area contributed by atoms with Crippen LogP contribution < -0.4 is 9.64 Å². The summed E-state index contributed by atoms with van der Waals surface area (Å²) in [6.07, 6.45) is 11.1. The number of pyridine rings is 1. The molecule has 4 heterocycles. The topological polar surface area (TPSA) is 74.6 Å². The van der Waals surface area contributed by atoms with Gasteiger partial charge in [-0.2, -0.15) is 9.97 Å². The molecule has 4 aromatic rings. The first-order valence-corrected chi connectivity index (χ1v) is 16.3. The first-order chi connectivity index (χ1) is 22.7. The molecule has 47 heavy (non-hydrogen) atoms. The van der Waals surface area contributed by atoms with Crippen molar-refractivity contribution < 1.29 is 27.4 Å². The molecule has 0 amide bonds. The fourth-order valence-electron chi connectivity index (χ4n) is 8.35. The first kappa shape index (κ1) is 31.4. The lowest BCUT2D eigenvalue weighted by atomic mass is 9.76. The lowest BCUT2D eigenvalue weighted by Gasteiger charge is -2.44. The quantitative estimate of drug-likeness (QED) is 0.166. The van der Waals surface area contributed by atoms with E-state index in [9.17, 15) is 18.3 Å². The van der Waals surface area contributed by atoms with Crippen LogP contribution in [0, 0.1) is 35.3 Å². The van der Waals surface area contributed by atoms with Crippen LogP contribution >= 0.6 is 0 Å². The summed E-state index contributed by atoms with van der Waals surface area (Å²) in [6.45, 7) is 2.29. The van der Waals surface area contributed by atoms with Gasteiger partial charge in [-0.1, -0.05) is 18.4 Å². The van der Waals surface area contributed by atoms with Crippen LogP contribution in [0.25, 0.3) is 32.9 Å². The van der Waals surface area contributed by atoms with Crippen molar-refractivity contribution in [2.75, 3.05) is 38.2 Å². The van der Waals surface area contributed by atoms with Crippen molar-refractivity contribution in [1.82, 2.24) is 19.9 Å². The van der Waals surface area contributed by atoms with Gasteiger partial charge in [0.15, 0.2) is 5.82 Å². The van der Waals surface area contributed by atoms with E-state index in [4.69, 9.17) is 16.1 Å². The van der Waals surface area contributed by atoms with Crippen LogP contribution in [0.3, 0.4) is 0 Å². The van der Waals surface area contributed by atoms with Gasteiger partial charge in [-0.15, -0.1) is 6.42 Å². The molecule has 1 N–H and O–H groups in total. The second-order valence-electron chi connectivity index (χ2n) is 13.4. The molecule has 2 saturated heterocycles. The molecule has 3 atom stereocenters. The maximum Gasteiger partial charge on any atom is 0.319 e. The highest BCUT2D eigenvalue weighted by molar-refractivity contribution is 6.03. The second kappa shape index (κ2) is 12.5. The van der Waals surface area contributed by atoms with Gasteiger partial charge in [0.2, 0.25) is 6.43 Å². The first-order valence-electron chi connectivity index (χ1n) is 16.3. The van der Waals surface area contributed by atoms with Gasteiger partial charge in [0.1, 0.15) is 28.6 Å². The van der Waals surface area contributed by atoms with Crippen LogP contribution in [0.1, 0.15) is 56.9 Å². The molecule has 2 aliphatic heterocycles. The zero-order chi connectivity index (χ0) is 32.9. The summed E-state index contributed by atoms with van der Waals surface area (Å²) >= 11 is 0. The minimum Gasteiger partial charge on any atom is -0.508 e. The molecule has 7 nitrogen and oxygen atoms in total. The third-order valence-corrected chi connectivity index (χ3v) is 10.5. The molecule has 3 aliphatic rings. The summed E-state index contributed by atoms with van der Waals surface area (Å²) in [5, 5.41) is 11.5. The second-order valence-corrected chi connectivity index (χ2v) is 13.4. The van der Waals surface area contributed by atoms with Gasteiger partial charge in [0.05, 0.1) is 17.6 Å². The largest absolute Gasteiger partial charge is 0.508 e. The summed E-state index contributed by atoms with van der Waals surface area (Å²) in [5.74, 6) is 0.841. The van der Waals surface area contributed by atoms with E-state index in [1.165, 1.54) is 30.5 Å². The zero-order valence-corrected chi connectivity index (χ0v) is 26.3. The van der Waals surface area contributed by atoms with E-state index in [0.29, 0.717) is 55.2 Å². The van der Waals surface area contributed by atoms with E-state index in [2.05, 4.69) is 27.8 Å². The van der Waals surface area contributed by atoms with Crippen molar-refractivity contribution in [1.29, 1.82) is 0 Å². The highest BCUT2D eigenvalue weighted by Gasteiger charge is 2.47. The Morgan fingerprint density at radius 3 is 2.74 bits per heavy atom. The van der Waals surface area contributed by atoms with E-state index < -0.39 is 18.1 Å². The van der Waals surface area contributed by atoms with E-state index in [1.54, 1.807) is 0 Å². The third kappa shape index (κ3) is 5.71. The maximum atomic E-state index is 16.8. The fourth-order valence-corrected chi connectivity index (χ4v) is 8.35. The van der Waals surface area contributed by atoms with Gasteiger partial charge in [-0.25, -0.2) is 17.6 Å². The Balaban J connectivity index is 1.36. The van der Waals surface area contributed by atoms with Crippen molar-refractivity contribution in [2.24, 2.45) is 11.3 Å². The monoisotopic (exact) mass is 647 g/mol. The summed E-state index contributed by atoms with van der Waals surface area (Å²) < 4.78 is 64.8. The smallest absolute Gasteiger partial charge is 0.319 e. The van der Waals surface area contributed by atoms with Crippen molar-refractivity contribution in [3.05, 3.63) is 47.7 Å². The number of anilines is 1. The van der Waals surface area contributed by atoms with Crippen molar-refractivity contribution in [2.45, 2.75) is 63.8 Å². The Kier molecular flexibility index (Phi) is 8.33. The summed E-state index contributed by atoms with van der Waals surface area (Å²) in [5.41, 5.74) is -0.261. The number of phenolic OH excluding ortho intramolecular Hbond substituents is 1. The molecule has 2 aromatic carbocycles. The number of nitrogens with zero attached hydrogens (tertiary/aromatic N) is 5. The average molecular weight is 648 g/mol. The van der Waals surface area contributed by atoms with Gasteiger partial charge in [0.25, 0.3) is 0 Å². The molecule has 1 saturated carbocycles. The average Bonchev–Trinajstić information content (AvgIpc) is 3.49. The summed E-state index contributed by atoms with van der Waals surface area (Å²) in [7, 11) is 2.15. The number of hydrogen-bond donors (Lipinski definition) is 1. The SMILES string of the molecule is C#Cc1c(F)ccc2cc(O)cc(-c3ncc4c(N5CCCC(CC(F)F)C5)nc(OC[C@]56CCC[C@H]5N(C)CCC6)nc4c3F)c12. The van der Waals surface area contributed by atoms with Crippen molar-refractivity contribution >= 4 is 27.5 Å². The molecule has 2 aromatic heterocycles. The number of hydrogen-bond acceptors (Lipinski definition) is 7. The molecule has 3 fully saturated rings. The number of alkyl halides is 2. The number of terminal acetylenes is 1. The van der Waals surface area contributed by atoms with Crippen LogP contribution in [0.15, 0.2) is 30.5 Å². The number of phenols is 1.